The molecular formula is C16H17ClFN. The van der Waals surface area contributed by atoms with Crippen LogP contribution in [0.25, 0.3) is 0 Å². The maximum absolute atomic E-state index is 13.2. The Bertz CT molecular complexity index is 568. The van der Waals surface area contributed by atoms with Crippen LogP contribution >= 0.6 is 11.6 Å². The van der Waals surface area contributed by atoms with Gasteiger partial charge in [-0.3, -0.25) is 0 Å². The highest BCUT2D eigenvalue weighted by Gasteiger charge is 2.11. The van der Waals surface area contributed by atoms with Crippen LogP contribution in [0.2, 0.25) is 5.02 Å². The van der Waals surface area contributed by atoms with Gasteiger partial charge in [-0.1, -0.05) is 41.4 Å². The van der Waals surface area contributed by atoms with Crippen molar-refractivity contribution in [2.75, 3.05) is 0 Å². The van der Waals surface area contributed by atoms with E-state index >= 15 is 0 Å². The van der Waals surface area contributed by atoms with Gasteiger partial charge in [0.1, 0.15) is 5.82 Å². The summed E-state index contributed by atoms with van der Waals surface area (Å²) in [5.41, 5.74) is 9.25. The van der Waals surface area contributed by atoms with Crippen molar-refractivity contribution in [1.29, 1.82) is 0 Å². The van der Waals surface area contributed by atoms with Crippen LogP contribution in [0.1, 0.15) is 29.2 Å². The van der Waals surface area contributed by atoms with Gasteiger partial charge in [0.15, 0.2) is 0 Å². The number of rotatable bonds is 4. The van der Waals surface area contributed by atoms with Gasteiger partial charge in [-0.05, 0) is 49.1 Å². The predicted octanol–water partition coefficient (Wildman–Crippen LogP) is 4.42. The van der Waals surface area contributed by atoms with Crippen molar-refractivity contribution in [3.05, 3.63) is 70.0 Å². The van der Waals surface area contributed by atoms with Gasteiger partial charge in [-0.2, -0.15) is 0 Å². The lowest BCUT2D eigenvalue weighted by Crippen LogP contribution is -2.12. The van der Waals surface area contributed by atoms with Crippen molar-refractivity contribution in [3.8, 4) is 0 Å². The summed E-state index contributed by atoms with van der Waals surface area (Å²) in [6.07, 6.45) is 1.60. The maximum Gasteiger partial charge on any atom is 0.123 e. The highest BCUT2D eigenvalue weighted by molar-refractivity contribution is 6.31. The van der Waals surface area contributed by atoms with E-state index in [1.54, 1.807) is 6.07 Å². The van der Waals surface area contributed by atoms with Crippen LogP contribution in [0, 0.1) is 12.7 Å². The second kappa shape index (κ2) is 6.18. The van der Waals surface area contributed by atoms with E-state index < -0.39 is 0 Å². The molecule has 0 radical (unpaired) electrons. The van der Waals surface area contributed by atoms with E-state index in [9.17, 15) is 4.39 Å². The number of halogens is 2. The Labute approximate surface area is 118 Å². The van der Waals surface area contributed by atoms with E-state index in [0.717, 1.165) is 12.8 Å². The minimum Gasteiger partial charge on any atom is -0.324 e. The molecule has 19 heavy (non-hydrogen) atoms. The van der Waals surface area contributed by atoms with Crippen LogP contribution in [0.4, 0.5) is 4.39 Å². The zero-order valence-corrected chi connectivity index (χ0v) is 11.6. The molecule has 2 N–H and O–H groups in total. The summed E-state index contributed by atoms with van der Waals surface area (Å²) in [6, 6.07) is 12.4. The Morgan fingerprint density at radius 3 is 2.74 bits per heavy atom. The third-order valence-corrected chi connectivity index (χ3v) is 3.53. The van der Waals surface area contributed by atoms with Crippen LogP contribution in [0.3, 0.4) is 0 Å². The smallest absolute Gasteiger partial charge is 0.123 e. The van der Waals surface area contributed by atoms with Crippen molar-refractivity contribution in [1.82, 2.24) is 0 Å². The van der Waals surface area contributed by atoms with Gasteiger partial charge in [0.05, 0.1) is 0 Å². The first-order valence-corrected chi connectivity index (χ1v) is 6.70. The van der Waals surface area contributed by atoms with Crippen molar-refractivity contribution >= 4 is 11.6 Å². The summed E-state index contributed by atoms with van der Waals surface area (Å²) >= 11 is 6.05. The minimum absolute atomic E-state index is 0.247. The Kier molecular flexibility index (Phi) is 4.56. The molecule has 3 heteroatoms. The lowest BCUT2D eigenvalue weighted by Gasteiger charge is -2.14. The minimum atomic E-state index is -0.301. The molecule has 1 nitrogen and oxygen atoms in total. The van der Waals surface area contributed by atoms with Gasteiger partial charge < -0.3 is 5.73 Å². The highest BCUT2D eigenvalue weighted by Crippen LogP contribution is 2.25. The Balaban J connectivity index is 2.05. The van der Waals surface area contributed by atoms with E-state index in [0.29, 0.717) is 10.6 Å². The van der Waals surface area contributed by atoms with Gasteiger partial charge in [0.25, 0.3) is 0 Å². The molecule has 100 valence electrons. The van der Waals surface area contributed by atoms with E-state index in [1.165, 1.54) is 23.3 Å². The molecule has 2 rings (SSSR count). The summed E-state index contributed by atoms with van der Waals surface area (Å²) in [7, 11) is 0. The standard InChI is InChI=1S/C16H17ClFN/c1-11-3-2-4-12(9-11)5-8-16(19)14-10-13(18)6-7-15(14)17/h2-4,6-7,9-10,16H,5,8,19H2,1H3. The first kappa shape index (κ1) is 14.0. The topological polar surface area (TPSA) is 26.0 Å². The zero-order chi connectivity index (χ0) is 13.8. The molecule has 0 heterocycles. The second-order valence-electron chi connectivity index (χ2n) is 4.80. The Morgan fingerprint density at radius 2 is 2.00 bits per heavy atom. The highest BCUT2D eigenvalue weighted by atomic mass is 35.5. The molecule has 0 fully saturated rings. The molecule has 2 aromatic rings. The molecule has 0 bridgehead atoms. The molecule has 0 aliphatic carbocycles. The van der Waals surface area contributed by atoms with E-state index in [2.05, 4.69) is 25.1 Å². The van der Waals surface area contributed by atoms with Crippen LogP contribution in [-0.2, 0) is 6.42 Å². The largest absolute Gasteiger partial charge is 0.324 e. The Hall–Kier alpha value is -1.38. The number of aryl methyl sites for hydroxylation is 2. The molecule has 0 aromatic heterocycles. The lowest BCUT2D eigenvalue weighted by molar-refractivity contribution is 0.609. The van der Waals surface area contributed by atoms with E-state index in [-0.39, 0.29) is 11.9 Å². The molecule has 1 unspecified atom stereocenters. The first-order valence-electron chi connectivity index (χ1n) is 6.32. The number of nitrogens with two attached hydrogens (primary N) is 1. The summed E-state index contributed by atoms with van der Waals surface area (Å²) in [5, 5.41) is 0.526. The fraction of sp³-hybridized carbons (Fsp3) is 0.250. The van der Waals surface area contributed by atoms with Crippen molar-refractivity contribution in [2.24, 2.45) is 5.73 Å². The molecule has 2 aromatic carbocycles. The maximum atomic E-state index is 13.2. The first-order chi connectivity index (χ1) is 9.06. The molecule has 1 atom stereocenters. The van der Waals surface area contributed by atoms with E-state index in [4.69, 9.17) is 17.3 Å². The van der Waals surface area contributed by atoms with Gasteiger partial charge in [-0.25, -0.2) is 4.39 Å². The van der Waals surface area contributed by atoms with Gasteiger partial charge >= 0.3 is 0 Å². The lowest BCUT2D eigenvalue weighted by atomic mass is 9.99. The fourth-order valence-electron chi connectivity index (χ4n) is 2.14. The summed E-state index contributed by atoms with van der Waals surface area (Å²) in [4.78, 5) is 0. The van der Waals surface area contributed by atoms with Crippen LogP contribution in [0.5, 0.6) is 0 Å². The van der Waals surface area contributed by atoms with Gasteiger partial charge in [-0.15, -0.1) is 0 Å². The molecule has 0 aliphatic rings. The molecule has 0 saturated heterocycles. The number of benzene rings is 2. The number of hydrogen-bond donors (Lipinski definition) is 1. The molecule has 0 amide bonds. The van der Waals surface area contributed by atoms with Crippen LogP contribution in [0.15, 0.2) is 42.5 Å². The van der Waals surface area contributed by atoms with Gasteiger partial charge in [0, 0.05) is 11.1 Å². The fourth-order valence-corrected chi connectivity index (χ4v) is 2.40. The third-order valence-electron chi connectivity index (χ3n) is 3.18. The zero-order valence-electron chi connectivity index (χ0n) is 10.9. The van der Waals surface area contributed by atoms with Crippen molar-refractivity contribution in [3.63, 3.8) is 0 Å². The molecular weight excluding hydrogens is 261 g/mol. The summed E-state index contributed by atoms with van der Waals surface area (Å²) in [5.74, 6) is -0.301. The average Bonchev–Trinajstić information content (AvgIpc) is 2.39. The predicted molar refractivity (Wildman–Crippen MR) is 77.8 cm³/mol. The molecule has 0 saturated carbocycles. The van der Waals surface area contributed by atoms with Crippen LogP contribution < -0.4 is 5.73 Å². The van der Waals surface area contributed by atoms with Crippen LogP contribution in [-0.4, -0.2) is 0 Å². The average molecular weight is 278 g/mol. The summed E-state index contributed by atoms with van der Waals surface area (Å²) in [6.45, 7) is 2.06. The monoisotopic (exact) mass is 277 g/mol. The molecule has 0 aliphatic heterocycles. The quantitative estimate of drug-likeness (QED) is 0.879. The summed E-state index contributed by atoms with van der Waals surface area (Å²) < 4.78 is 13.2. The number of hydrogen-bond acceptors (Lipinski definition) is 1. The second-order valence-corrected chi connectivity index (χ2v) is 5.21. The van der Waals surface area contributed by atoms with Crippen molar-refractivity contribution in [2.45, 2.75) is 25.8 Å². The normalized spacial score (nSPS) is 12.4. The van der Waals surface area contributed by atoms with Gasteiger partial charge in [0.2, 0.25) is 0 Å². The van der Waals surface area contributed by atoms with Crippen molar-refractivity contribution < 1.29 is 4.39 Å². The molecule has 0 spiro atoms. The SMILES string of the molecule is Cc1cccc(CCC(N)c2cc(F)ccc2Cl)c1. The third kappa shape index (κ3) is 3.79. The van der Waals surface area contributed by atoms with E-state index in [1.807, 2.05) is 6.07 Å². The Morgan fingerprint density at radius 1 is 1.21 bits per heavy atom.